The summed E-state index contributed by atoms with van der Waals surface area (Å²) in [4.78, 5) is 10.3. The second-order valence-electron chi connectivity index (χ2n) is 5.66. The van der Waals surface area contributed by atoms with E-state index < -0.39 is 4.92 Å². The molecule has 1 N–H and O–H groups in total. The molecule has 0 aliphatic rings. The number of non-ortho nitro benzene ring substituents is 1. The highest BCUT2D eigenvalue weighted by Gasteiger charge is 2.14. The molecule has 0 unspecified atom stereocenters. The Morgan fingerprint density at radius 1 is 1.24 bits per heavy atom. The molecule has 0 atom stereocenters. The Kier molecular flexibility index (Phi) is 6.64. The maximum atomic E-state index is 10.7. The van der Waals surface area contributed by atoms with E-state index in [9.17, 15) is 10.1 Å². The summed E-state index contributed by atoms with van der Waals surface area (Å²) < 4.78 is 12.3. The molecule has 0 bridgehead atoms. The van der Waals surface area contributed by atoms with Crippen molar-refractivity contribution < 1.29 is 14.4 Å². The quantitative estimate of drug-likeness (QED) is 0.482. The van der Waals surface area contributed by atoms with Gasteiger partial charge in [-0.25, -0.2) is 0 Å². The molecule has 0 aliphatic heterocycles. The van der Waals surface area contributed by atoms with Gasteiger partial charge in [0.25, 0.3) is 5.69 Å². The molecule has 0 spiro atoms. The lowest BCUT2D eigenvalue weighted by molar-refractivity contribution is -0.384. The van der Waals surface area contributed by atoms with E-state index in [-0.39, 0.29) is 11.8 Å². The molecule has 7 heteroatoms. The van der Waals surface area contributed by atoms with Crippen molar-refractivity contribution in [3.05, 3.63) is 56.5 Å². The molecule has 0 aromatic heterocycles. The molecule has 0 aliphatic carbocycles. The van der Waals surface area contributed by atoms with Crippen molar-refractivity contribution in [2.75, 3.05) is 11.9 Å². The van der Waals surface area contributed by atoms with Gasteiger partial charge in [0.15, 0.2) is 11.5 Å². The van der Waals surface area contributed by atoms with E-state index in [1.807, 2.05) is 32.9 Å². The van der Waals surface area contributed by atoms with Gasteiger partial charge in [0, 0.05) is 24.4 Å². The molecule has 0 fully saturated rings. The summed E-state index contributed by atoms with van der Waals surface area (Å²) >= 11 is 3.54. The minimum Gasteiger partial charge on any atom is -0.490 e. The molecule has 0 saturated carbocycles. The fourth-order valence-electron chi connectivity index (χ4n) is 2.24. The fourth-order valence-corrected chi connectivity index (χ4v) is 2.82. The minimum absolute atomic E-state index is 0.0413. The Bertz CT molecular complexity index is 733. The van der Waals surface area contributed by atoms with E-state index in [4.69, 9.17) is 9.47 Å². The van der Waals surface area contributed by atoms with Crippen molar-refractivity contribution in [2.24, 2.45) is 0 Å². The van der Waals surface area contributed by atoms with Crippen LogP contribution >= 0.6 is 15.9 Å². The number of anilines is 1. The third kappa shape index (κ3) is 5.35. The number of nitro benzene ring substituents is 1. The number of rotatable bonds is 8. The van der Waals surface area contributed by atoms with E-state index in [1.54, 1.807) is 12.1 Å². The second-order valence-corrected chi connectivity index (χ2v) is 6.52. The summed E-state index contributed by atoms with van der Waals surface area (Å²) in [5.74, 6) is 1.38. The SMILES string of the molecule is CCOc1cc(CNc2ccc([N+](=O)[O-])cc2)cc(Br)c1OC(C)C. The highest BCUT2D eigenvalue weighted by molar-refractivity contribution is 9.10. The Morgan fingerprint density at radius 2 is 1.92 bits per heavy atom. The zero-order valence-electron chi connectivity index (χ0n) is 14.4. The minimum atomic E-state index is -0.414. The summed E-state index contributed by atoms with van der Waals surface area (Å²) in [7, 11) is 0. The number of nitro groups is 1. The van der Waals surface area contributed by atoms with Gasteiger partial charge in [-0.2, -0.15) is 0 Å². The Labute approximate surface area is 155 Å². The maximum absolute atomic E-state index is 10.7. The van der Waals surface area contributed by atoms with E-state index in [1.165, 1.54) is 12.1 Å². The van der Waals surface area contributed by atoms with E-state index in [2.05, 4.69) is 21.2 Å². The van der Waals surface area contributed by atoms with Crippen LogP contribution in [-0.2, 0) is 6.54 Å². The van der Waals surface area contributed by atoms with Crippen LogP contribution in [0.15, 0.2) is 40.9 Å². The van der Waals surface area contributed by atoms with Crippen LogP contribution in [-0.4, -0.2) is 17.6 Å². The van der Waals surface area contributed by atoms with Gasteiger partial charge in [-0.3, -0.25) is 10.1 Å². The first kappa shape index (κ1) is 19.1. The third-order valence-corrected chi connectivity index (χ3v) is 3.89. The molecular formula is C18H21BrN2O4. The standard InChI is InChI=1S/C18H21BrN2O4/c1-4-24-17-10-13(9-16(19)18(17)25-12(2)3)11-20-14-5-7-15(8-6-14)21(22)23/h5-10,12,20H,4,11H2,1-3H3. The van der Waals surface area contributed by atoms with E-state index in [0.29, 0.717) is 24.7 Å². The summed E-state index contributed by atoms with van der Waals surface area (Å²) in [6.07, 6.45) is 0.0413. The average molecular weight is 409 g/mol. The van der Waals surface area contributed by atoms with Crippen molar-refractivity contribution >= 4 is 27.3 Å². The van der Waals surface area contributed by atoms with Crippen LogP contribution in [0.4, 0.5) is 11.4 Å². The number of benzene rings is 2. The molecule has 2 rings (SSSR count). The van der Waals surface area contributed by atoms with Crippen molar-refractivity contribution in [1.82, 2.24) is 0 Å². The maximum Gasteiger partial charge on any atom is 0.269 e. The molecular weight excluding hydrogens is 388 g/mol. The van der Waals surface area contributed by atoms with Crippen molar-refractivity contribution in [3.63, 3.8) is 0 Å². The smallest absolute Gasteiger partial charge is 0.269 e. The number of ether oxygens (including phenoxy) is 2. The van der Waals surface area contributed by atoms with Crippen molar-refractivity contribution in [2.45, 2.75) is 33.4 Å². The lowest BCUT2D eigenvalue weighted by Crippen LogP contribution is -2.09. The monoisotopic (exact) mass is 408 g/mol. The molecule has 0 saturated heterocycles. The van der Waals surface area contributed by atoms with Gasteiger partial charge >= 0.3 is 0 Å². The van der Waals surface area contributed by atoms with Crippen molar-refractivity contribution in [1.29, 1.82) is 0 Å². The van der Waals surface area contributed by atoms with Crippen LogP contribution < -0.4 is 14.8 Å². The number of hydrogen-bond acceptors (Lipinski definition) is 5. The highest BCUT2D eigenvalue weighted by atomic mass is 79.9. The summed E-state index contributed by atoms with van der Waals surface area (Å²) in [5, 5.41) is 13.9. The molecule has 2 aromatic rings. The van der Waals surface area contributed by atoms with E-state index >= 15 is 0 Å². The van der Waals surface area contributed by atoms with Gasteiger partial charge < -0.3 is 14.8 Å². The van der Waals surface area contributed by atoms with Crippen molar-refractivity contribution in [3.8, 4) is 11.5 Å². The Morgan fingerprint density at radius 3 is 2.48 bits per heavy atom. The van der Waals surface area contributed by atoms with Gasteiger partial charge in [0.05, 0.1) is 22.1 Å². The van der Waals surface area contributed by atoms with Gasteiger partial charge in [-0.15, -0.1) is 0 Å². The van der Waals surface area contributed by atoms with Crippen LogP contribution in [0.3, 0.4) is 0 Å². The summed E-state index contributed by atoms with van der Waals surface area (Å²) in [6.45, 7) is 6.95. The predicted octanol–water partition coefficient (Wildman–Crippen LogP) is 5.16. The lowest BCUT2D eigenvalue weighted by Gasteiger charge is -2.18. The summed E-state index contributed by atoms with van der Waals surface area (Å²) in [6, 6.07) is 10.2. The van der Waals surface area contributed by atoms with Gasteiger partial charge in [-0.05, 0) is 66.5 Å². The zero-order valence-corrected chi connectivity index (χ0v) is 16.0. The zero-order chi connectivity index (χ0) is 18.4. The predicted molar refractivity (Wildman–Crippen MR) is 101 cm³/mol. The first-order valence-corrected chi connectivity index (χ1v) is 8.80. The average Bonchev–Trinajstić information content (AvgIpc) is 2.56. The third-order valence-electron chi connectivity index (χ3n) is 3.30. The number of hydrogen-bond donors (Lipinski definition) is 1. The lowest BCUT2D eigenvalue weighted by atomic mass is 10.2. The first-order valence-electron chi connectivity index (χ1n) is 8.01. The highest BCUT2D eigenvalue weighted by Crippen LogP contribution is 2.37. The molecule has 2 aromatic carbocycles. The van der Waals surface area contributed by atoms with Crippen LogP contribution in [0.5, 0.6) is 11.5 Å². The molecule has 0 heterocycles. The number of nitrogens with zero attached hydrogens (tertiary/aromatic N) is 1. The Balaban J connectivity index is 2.14. The number of nitrogens with one attached hydrogen (secondary N) is 1. The normalized spacial score (nSPS) is 10.6. The number of halogens is 1. The van der Waals surface area contributed by atoms with E-state index in [0.717, 1.165) is 15.7 Å². The van der Waals surface area contributed by atoms with Crippen LogP contribution in [0, 0.1) is 10.1 Å². The van der Waals surface area contributed by atoms with Gasteiger partial charge in [0.2, 0.25) is 0 Å². The Hall–Kier alpha value is -2.28. The summed E-state index contributed by atoms with van der Waals surface area (Å²) in [5.41, 5.74) is 1.88. The molecule has 134 valence electrons. The van der Waals surface area contributed by atoms with Crippen LogP contribution in [0.2, 0.25) is 0 Å². The second kappa shape index (κ2) is 8.71. The van der Waals surface area contributed by atoms with Gasteiger partial charge in [-0.1, -0.05) is 0 Å². The largest absolute Gasteiger partial charge is 0.490 e. The van der Waals surface area contributed by atoms with Crippen LogP contribution in [0.25, 0.3) is 0 Å². The first-order chi connectivity index (χ1) is 11.9. The van der Waals surface area contributed by atoms with Gasteiger partial charge in [0.1, 0.15) is 0 Å². The van der Waals surface area contributed by atoms with Crippen LogP contribution in [0.1, 0.15) is 26.3 Å². The topological polar surface area (TPSA) is 73.6 Å². The molecule has 6 nitrogen and oxygen atoms in total. The fraction of sp³-hybridized carbons (Fsp3) is 0.333. The molecule has 0 amide bonds. The molecule has 25 heavy (non-hydrogen) atoms. The molecule has 0 radical (unpaired) electrons.